The Hall–Kier alpha value is -0.200. The average molecular weight is 295 g/mol. The Morgan fingerprint density at radius 3 is 2.71 bits per heavy atom. The van der Waals surface area contributed by atoms with E-state index in [-0.39, 0.29) is 30.4 Å². The van der Waals surface area contributed by atoms with E-state index in [9.17, 15) is 0 Å². The lowest BCUT2D eigenvalue weighted by Gasteiger charge is -2.40. The summed E-state index contributed by atoms with van der Waals surface area (Å²) in [4.78, 5) is 2.43. The van der Waals surface area contributed by atoms with Crippen LogP contribution in [0.4, 0.5) is 0 Å². The molecule has 0 N–H and O–H groups in total. The predicted molar refractivity (Wildman–Crippen MR) is 74.7 cm³/mol. The molecular weight excluding hydrogens is 270 g/mol. The number of likely N-dealkylation sites (tertiary alicyclic amines) is 1. The third-order valence-corrected chi connectivity index (χ3v) is 6.19. The van der Waals surface area contributed by atoms with E-state index < -0.39 is 0 Å². The lowest BCUT2D eigenvalue weighted by molar-refractivity contribution is -0.260. The van der Waals surface area contributed by atoms with Crippen LogP contribution in [0.5, 0.6) is 0 Å². The van der Waals surface area contributed by atoms with Gasteiger partial charge in [0.2, 0.25) is 0 Å². The highest BCUT2D eigenvalue weighted by molar-refractivity contribution is 5.06. The molecule has 5 fully saturated rings. The fourth-order valence-corrected chi connectivity index (χ4v) is 5.13. The summed E-state index contributed by atoms with van der Waals surface area (Å²) >= 11 is 0. The van der Waals surface area contributed by atoms with E-state index in [0.29, 0.717) is 12.0 Å². The van der Waals surface area contributed by atoms with Crippen molar-refractivity contribution >= 4 is 0 Å². The number of nitrogens with zero attached hydrogens (tertiary/aromatic N) is 1. The van der Waals surface area contributed by atoms with Crippen LogP contribution < -0.4 is 0 Å². The number of likely N-dealkylation sites (N-methyl/N-ethyl adjacent to an activating group) is 1. The smallest absolute Gasteiger partial charge is 0.190 e. The minimum atomic E-state index is -0.375. The van der Waals surface area contributed by atoms with E-state index in [1.165, 1.54) is 25.7 Å². The molecule has 1 saturated carbocycles. The Labute approximate surface area is 125 Å². The van der Waals surface area contributed by atoms with Gasteiger partial charge in [-0.1, -0.05) is 6.42 Å². The van der Waals surface area contributed by atoms with Crippen LogP contribution in [-0.4, -0.2) is 61.5 Å². The fraction of sp³-hybridized carbons (Fsp3) is 1.00. The minimum Gasteiger partial charge on any atom is -0.372 e. The van der Waals surface area contributed by atoms with Gasteiger partial charge in [-0.3, -0.25) is 0 Å². The van der Waals surface area contributed by atoms with Gasteiger partial charge in [-0.15, -0.1) is 0 Å². The summed E-state index contributed by atoms with van der Waals surface area (Å²) in [6, 6.07) is 0.476. The maximum atomic E-state index is 6.38. The normalized spacial score (nSPS) is 51.9. The topological polar surface area (TPSA) is 40.2 Å². The van der Waals surface area contributed by atoms with E-state index >= 15 is 0 Å². The molecule has 0 aromatic carbocycles. The van der Waals surface area contributed by atoms with Crippen molar-refractivity contribution in [3.63, 3.8) is 0 Å². The molecule has 5 rings (SSSR count). The van der Waals surface area contributed by atoms with Crippen molar-refractivity contribution in [3.05, 3.63) is 0 Å². The standard InChI is InChI=1S/C16H25NO4/c1-17-8-5-10-9-18-13-12(11(10)17)19-15-14(13)20-16(21-15)6-3-2-4-7-16/h10-15H,2-9H2,1H3/t10-,11-,12+,13-,14+,15+/m0/s1. The molecule has 1 spiro atoms. The Balaban J connectivity index is 1.37. The lowest BCUT2D eigenvalue weighted by Crippen LogP contribution is -2.54. The van der Waals surface area contributed by atoms with Crippen LogP contribution in [0.1, 0.15) is 38.5 Å². The average Bonchev–Trinajstić information content (AvgIpc) is 3.11. The van der Waals surface area contributed by atoms with Gasteiger partial charge in [0.05, 0.1) is 6.61 Å². The summed E-state index contributed by atoms with van der Waals surface area (Å²) in [6.07, 6.45) is 6.85. The number of rotatable bonds is 0. The van der Waals surface area contributed by atoms with E-state index in [0.717, 1.165) is 26.0 Å². The van der Waals surface area contributed by atoms with Crippen LogP contribution in [0.3, 0.4) is 0 Å². The molecule has 5 nitrogen and oxygen atoms in total. The van der Waals surface area contributed by atoms with Crippen LogP contribution in [-0.2, 0) is 18.9 Å². The molecule has 0 bridgehead atoms. The maximum absolute atomic E-state index is 6.38. The van der Waals surface area contributed by atoms with Crippen LogP contribution in [0.15, 0.2) is 0 Å². The Bertz CT molecular complexity index is 425. The van der Waals surface area contributed by atoms with E-state index in [1.807, 2.05) is 0 Å². The van der Waals surface area contributed by atoms with E-state index in [2.05, 4.69) is 11.9 Å². The molecule has 0 unspecified atom stereocenters. The predicted octanol–water partition coefficient (Wildman–Crippen LogP) is 1.51. The summed E-state index contributed by atoms with van der Waals surface area (Å²) in [7, 11) is 2.20. The van der Waals surface area contributed by atoms with Crippen molar-refractivity contribution in [2.24, 2.45) is 5.92 Å². The van der Waals surface area contributed by atoms with Crippen LogP contribution >= 0.6 is 0 Å². The van der Waals surface area contributed by atoms with Crippen molar-refractivity contribution in [3.8, 4) is 0 Å². The zero-order valence-electron chi connectivity index (χ0n) is 12.7. The number of hydrogen-bond acceptors (Lipinski definition) is 5. The van der Waals surface area contributed by atoms with Crippen molar-refractivity contribution in [1.82, 2.24) is 4.90 Å². The van der Waals surface area contributed by atoms with Crippen molar-refractivity contribution in [2.45, 2.75) is 75.0 Å². The van der Waals surface area contributed by atoms with Gasteiger partial charge in [0.25, 0.3) is 0 Å². The Morgan fingerprint density at radius 1 is 1.00 bits per heavy atom. The number of fused-ring (bicyclic) bond motifs is 5. The van der Waals surface area contributed by atoms with Gasteiger partial charge in [0, 0.05) is 24.8 Å². The molecule has 0 radical (unpaired) electrons. The molecule has 118 valence electrons. The molecule has 4 heterocycles. The second-order valence-electron chi connectivity index (χ2n) is 7.46. The Kier molecular flexibility index (Phi) is 2.93. The molecule has 6 atom stereocenters. The summed E-state index contributed by atoms with van der Waals surface area (Å²) < 4.78 is 25.1. The molecule has 21 heavy (non-hydrogen) atoms. The second-order valence-corrected chi connectivity index (χ2v) is 7.46. The molecule has 0 aromatic rings. The highest BCUT2D eigenvalue weighted by Crippen LogP contribution is 2.49. The summed E-state index contributed by atoms with van der Waals surface area (Å²) in [5.74, 6) is 0.235. The molecule has 4 saturated heterocycles. The van der Waals surface area contributed by atoms with Gasteiger partial charge >= 0.3 is 0 Å². The summed E-state index contributed by atoms with van der Waals surface area (Å²) in [5, 5.41) is 0. The first-order valence-corrected chi connectivity index (χ1v) is 8.59. The summed E-state index contributed by atoms with van der Waals surface area (Å²) in [6.45, 7) is 1.99. The van der Waals surface area contributed by atoms with Gasteiger partial charge < -0.3 is 23.8 Å². The maximum Gasteiger partial charge on any atom is 0.190 e. The molecule has 0 aromatic heterocycles. The molecule has 5 heteroatoms. The monoisotopic (exact) mass is 295 g/mol. The first-order valence-electron chi connectivity index (χ1n) is 8.59. The third kappa shape index (κ3) is 1.88. The van der Waals surface area contributed by atoms with Gasteiger partial charge in [-0.25, -0.2) is 0 Å². The van der Waals surface area contributed by atoms with E-state index in [1.54, 1.807) is 0 Å². The number of hydrogen-bond donors (Lipinski definition) is 0. The largest absolute Gasteiger partial charge is 0.372 e. The lowest BCUT2D eigenvalue weighted by atomic mass is 9.90. The molecule has 4 aliphatic heterocycles. The molecule has 1 aliphatic carbocycles. The highest BCUT2D eigenvalue weighted by Gasteiger charge is 2.62. The van der Waals surface area contributed by atoms with Gasteiger partial charge in [0.1, 0.15) is 18.3 Å². The van der Waals surface area contributed by atoms with Gasteiger partial charge in [-0.05, 0) is 32.9 Å². The SMILES string of the molecule is CN1CC[C@H]2CO[C@@H]3[C@H]4OC5(CCCCC5)O[C@H]4O[C@@H]3[C@H]21. The quantitative estimate of drug-likeness (QED) is 0.677. The Morgan fingerprint density at radius 2 is 1.86 bits per heavy atom. The van der Waals surface area contributed by atoms with Crippen LogP contribution in [0.25, 0.3) is 0 Å². The van der Waals surface area contributed by atoms with Crippen molar-refractivity contribution < 1.29 is 18.9 Å². The third-order valence-electron chi connectivity index (χ3n) is 6.19. The van der Waals surface area contributed by atoms with Crippen LogP contribution in [0.2, 0.25) is 0 Å². The van der Waals surface area contributed by atoms with E-state index in [4.69, 9.17) is 18.9 Å². The van der Waals surface area contributed by atoms with Gasteiger partial charge in [-0.2, -0.15) is 0 Å². The van der Waals surface area contributed by atoms with Crippen LogP contribution in [0, 0.1) is 5.92 Å². The van der Waals surface area contributed by atoms with Crippen molar-refractivity contribution in [2.75, 3.05) is 20.2 Å². The highest BCUT2D eigenvalue weighted by atomic mass is 16.8. The van der Waals surface area contributed by atoms with Crippen molar-refractivity contribution in [1.29, 1.82) is 0 Å². The molecule has 5 aliphatic rings. The number of ether oxygens (including phenoxy) is 4. The second kappa shape index (κ2) is 4.65. The first-order chi connectivity index (χ1) is 10.3. The van der Waals surface area contributed by atoms with Gasteiger partial charge in [0.15, 0.2) is 12.1 Å². The summed E-state index contributed by atoms with van der Waals surface area (Å²) in [5.41, 5.74) is 0. The fourth-order valence-electron chi connectivity index (χ4n) is 5.13. The minimum absolute atomic E-state index is 0.0250. The molecular formula is C16H25NO4. The zero-order valence-corrected chi connectivity index (χ0v) is 12.7. The first kappa shape index (κ1) is 13.3. The molecule has 0 amide bonds. The zero-order chi connectivity index (χ0) is 14.0.